The number of H-pyrrole nitrogens is 1. The summed E-state index contributed by atoms with van der Waals surface area (Å²) in [6.07, 6.45) is 6.27. The van der Waals surface area contributed by atoms with Gasteiger partial charge in [0.2, 0.25) is 0 Å². The Bertz CT molecular complexity index is 1310. The molecule has 1 N–H and O–H groups in total. The van der Waals surface area contributed by atoms with Gasteiger partial charge < -0.3 is 19.1 Å². The Morgan fingerprint density at radius 3 is 2.74 bits per heavy atom. The maximum atomic E-state index is 7.12. The zero-order valence-corrected chi connectivity index (χ0v) is 24.4. The van der Waals surface area contributed by atoms with Crippen LogP contribution in [-0.4, -0.2) is 89.1 Å². The fourth-order valence-corrected chi connectivity index (χ4v) is 6.75. The Morgan fingerprint density at radius 1 is 1.13 bits per heavy atom. The number of halogens is 1. The number of nitrogens with zero attached hydrogens (tertiary/aromatic N) is 5. The van der Waals surface area contributed by atoms with E-state index in [4.69, 9.17) is 36.0 Å². The van der Waals surface area contributed by atoms with E-state index in [-0.39, 0.29) is 17.9 Å². The lowest BCUT2D eigenvalue weighted by Crippen LogP contribution is -2.62. The fourth-order valence-electron chi connectivity index (χ4n) is 6.50. The summed E-state index contributed by atoms with van der Waals surface area (Å²) in [6, 6.07) is 2.15. The SMILES string of the molecule is CCC1(C)CN(CC2COCCO2)CCN1c1n[nH]c(C)c1-c1c(Cl)c(C)cc2c1cnn2C1CCCCO1. The van der Waals surface area contributed by atoms with Crippen molar-refractivity contribution in [3.8, 4) is 11.1 Å². The molecule has 3 aliphatic rings. The van der Waals surface area contributed by atoms with Gasteiger partial charge in [0.25, 0.3) is 0 Å². The molecule has 3 atom stereocenters. The van der Waals surface area contributed by atoms with Crippen molar-refractivity contribution >= 4 is 28.3 Å². The molecule has 0 spiro atoms. The molecule has 3 saturated heterocycles. The van der Waals surface area contributed by atoms with Gasteiger partial charge in [-0.15, -0.1) is 0 Å². The number of nitrogens with one attached hydrogen (secondary N) is 1. The van der Waals surface area contributed by atoms with Crippen LogP contribution in [0.2, 0.25) is 5.02 Å². The molecule has 3 aliphatic heterocycles. The van der Waals surface area contributed by atoms with E-state index in [0.717, 1.165) is 103 Å². The average molecular weight is 557 g/mol. The lowest BCUT2D eigenvalue weighted by Gasteiger charge is -2.50. The number of fused-ring (bicyclic) bond motifs is 1. The van der Waals surface area contributed by atoms with Gasteiger partial charge in [-0.1, -0.05) is 18.5 Å². The lowest BCUT2D eigenvalue weighted by atomic mass is 9.91. The quantitative estimate of drug-likeness (QED) is 0.452. The van der Waals surface area contributed by atoms with Gasteiger partial charge >= 0.3 is 0 Å². The van der Waals surface area contributed by atoms with Crippen LogP contribution in [0.15, 0.2) is 12.3 Å². The number of aromatic amines is 1. The minimum Gasteiger partial charge on any atom is -0.376 e. The Morgan fingerprint density at radius 2 is 2.00 bits per heavy atom. The summed E-state index contributed by atoms with van der Waals surface area (Å²) in [7, 11) is 0. The first kappa shape index (κ1) is 27.0. The van der Waals surface area contributed by atoms with Gasteiger partial charge in [-0.3, -0.25) is 10.00 Å². The van der Waals surface area contributed by atoms with Crippen molar-refractivity contribution in [2.75, 3.05) is 57.5 Å². The predicted octanol–water partition coefficient (Wildman–Crippen LogP) is 5.10. The van der Waals surface area contributed by atoms with Crippen LogP contribution >= 0.6 is 11.6 Å². The van der Waals surface area contributed by atoms with E-state index in [9.17, 15) is 0 Å². The molecule has 6 rings (SSSR count). The van der Waals surface area contributed by atoms with Gasteiger partial charge in [0.05, 0.1) is 48.2 Å². The van der Waals surface area contributed by atoms with Crippen molar-refractivity contribution in [3.63, 3.8) is 0 Å². The molecule has 9 nitrogen and oxygen atoms in total. The third-order valence-corrected chi connectivity index (χ3v) is 9.34. The first-order valence-electron chi connectivity index (χ1n) is 14.4. The number of hydrogen-bond acceptors (Lipinski definition) is 7. The molecule has 0 amide bonds. The highest BCUT2D eigenvalue weighted by Crippen LogP contribution is 2.45. The van der Waals surface area contributed by atoms with Crippen molar-refractivity contribution < 1.29 is 14.2 Å². The van der Waals surface area contributed by atoms with Gasteiger partial charge in [0.1, 0.15) is 0 Å². The lowest BCUT2D eigenvalue weighted by molar-refractivity contribution is -0.0996. The summed E-state index contributed by atoms with van der Waals surface area (Å²) >= 11 is 7.12. The van der Waals surface area contributed by atoms with E-state index in [1.807, 2.05) is 10.9 Å². The van der Waals surface area contributed by atoms with Crippen molar-refractivity contribution in [1.29, 1.82) is 0 Å². The topological polar surface area (TPSA) is 80.7 Å². The van der Waals surface area contributed by atoms with Crippen molar-refractivity contribution in [2.24, 2.45) is 0 Å². The van der Waals surface area contributed by atoms with Crippen LogP contribution in [0.1, 0.15) is 57.0 Å². The second-order valence-electron chi connectivity index (χ2n) is 11.6. The van der Waals surface area contributed by atoms with Gasteiger partial charge in [0.15, 0.2) is 12.0 Å². The molecule has 0 saturated carbocycles. The van der Waals surface area contributed by atoms with Crippen molar-refractivity contribution in [1.82, 2.24) is 24.9 Å². The normalized spacial score (nSPS) is 26.9. The Kier molecular flexibility index (Phi) is 7.63. The first-order valence-corrected chi connectivity index (χ1v) is 14.8. The molecule has 3 aromatic rings. The zero-order chi connectivity index (χ0) is 27.1. The average Bonchev–Trinajstić information content (AvgIpc) is 3.54. The third-order valence-electron chi connectivity index (χ3n) is 8.85. The number of anilines is 1. The highest BCUT2D eigenvalue weighted by molar-refractivity contribution is 6.36. The molecule has 3 unspecified atom stereocenters. The molecular weight excluding hydrogens is 516 g/mol. The van der Waals surface area contributed by atoms with Gasteiger partial charge in [0, 0.05) is 55.0 Å². The Labute approximate surface area is 235 Å². The molecule has 2 aromatic heterocycles. The molecule has 212 valence electrons. The molecule has 0 radical (unpaired) electrons. The summed E-state index contributed by atoms with van der Waals surface area (Å²) in [5.41, 5.74) is 5.07. The number of aryl methyl sites for hydroxylation is 2. The largest absolute Gasteiger partial charge is 0.376 e. The van der Waals surface area contributed by atoms with E-state index in [1.165, 1.54) is 0 Å². The fraction of sp³-hybridized carbons (Fsp3) is 0.655. The van der Waals surface area contributed by atoms with Gasteiger partial charge in [-0.05, 0) is 58.1 Å². The second kappa shape index (κ2) is 11.0. The Hall–Kier alpha value is -2.17. The molecule has 5 heterocycles. The molecule has 3 fully saturated rings. The van der Waals surface area contributed by atoms with Crippen LogP contribution in [0, 0.1) is 13.8 Å². The number of benzene rings is 1. The molecule has 0 bridgehead atoms. The zero-order valence-electron chi connectivity index (χ0n) is 23.6. The standard InChI is InChI=1S/C29H41ClN6O3/c1-5-29(4)18-34(16-21-17-37-12-13-38-21)9-10-35(29)28-25(20(3)32-33-28)26-22-15-31-36(24-8-6-7-11-39-24)23(22)14-19(2)27(26)30/h14-15,21,24H,5-13,16-18H2,1-4H3,(H,32,33). The van der Waals surface area contributed by atoms with Crippen LogP contribution < -0.4 is 4.90 Å². The maximum Gasteiger partial charge on any atom is 0.159 e. The third kappa shape index (κ3) is 4.97. The number of ether oxygens (including phenoxy) is 3. The minimum absolute atomic E-state index is 0.0374. The second-order valence-corrected chi connectivity index (χ2v) is 12.0. The van der Waals surface area contributed by atoms with Crippen LogP contribution in [0.4, 0.5) is 5.82 Å². The smallest absolute Gasteiger partial charge is 0.159 e. The highest BCUT2D eigenvalue weighted by Gasteiger charge is 2.40. The van der Waals surface area contributed by atoms with E-state index in [0.29, 0.717) is 19.8 Å². The van der Waals surface area contributed by atoms with Crippen molar-refractivity contribution in [2.45, 2.75) is 71.2 Å². The van der Waals surface area contributed by atoms with E-state index in [2.05, 4.69) is 48.7 Å². The predicted molar refractivity (Wildman–Crippen MR) is 154 cm³/mol. The molecule has 0 aliphatic carbocycles. The number of aromatic nitrogens is 4. The van der Waals surface area contributed by atoms with E-state index >= 15 is 0 Å². The van der Waals surface area contributed by atoms with Crippen LogP contribution in [-0.2, 0) is 14.2 Å². The van der Waals surface area contributed by atoms with Crippen LogP contribution in [0.5, 0.6) is 0 Å². The summed E-state index contributed by atoms with van der Waals surface area (Å²) in [5.74, 6) is 0.962. The molecule has 39 heavy (non-hydrogen) atoms. The van der Waals surface area contributed by atoms with Crippen molar-refractivity contribution in [3.05, 3.63) is 28.5 Å². The molecular formula is C29H41ClN6O3. The minimum atomic E-state index is -0.0975. The van der Waals surface area contributed by atoms with E-state index in [1.54, 1.807) is 0 Å². The van der Waals surface area contributed by atoms with Crippen LogP contribution in [0.3, 0.4) is 0 Å². The highest BCUT2D eigenvalue weighted by atomic mass is 35.5. The monoisotopic (exact) mass is 556 g/mol. The van der Waals surface area contributed by atoms with Crippen LogP contribution in [0.25, 0.3) is 22.0 Å². The number of hydrogen-bond donors (Lipinski definition) is 1. The number of rotatable bonds is 6. The Balaban J connectivity index is 1.37. The maximum absolute atomic E-state index is 7.12. The summed E-state index contributed by atoms with van der Waals surface area (Å²) in [6.45, 7) is 15.2. The van der Waals surface area contributed by atoms with E-state index < -0.39 is 0 Å². The van der Waals surface area contributed by atoms with Gasteiger partial charge in [-0.2, -0.15) is 10.2 Å². The summed E-state index contributed by atoms with van der Waals surface area (Å²) < 4.78 is 19.8. The molecule has 1 aromatic carbocycles. The first-order chi connectivity index (χ1) is 18.9. The molecule has 10 heteroatoms. The summed E-state index contributed by atoms with van der Waals surface area (Å²) in [4.78, 5) is 5.00. The summed E-state index contributed by atoms with van der Waals surface area (Å²) in [5, 5.41) is 14.8. The number of piperazine rings is 1. The van der Waals surface area contributed by atoms with Gasteiger partial charge in [-0.25, -0.2) is 4.68 Å².